The molecule has 1 spiro atoms. The van der Waals surface area contributed by atoms with Gasteiger partial charge in [-0.3, -0.25) is 14.9 Å². The minimum atomic E-state index is -3.48. The Morgan fingerprint density at radius 2 is 1.95 bits per heavy atom. The maximum Gasteiger partial charge on any atom is 0.412 e. The number of nitrogens with zero attached hydrogens (tertiary/aromatic N) is 2. The van der Waals surface area contributed by atoms with Gasteiger partial charge in [0.05, 0.1) is 17.1 Å². The van der Waals surface area contributed by atoms with E-state index < -0.39 is 33.5 Å². The number of nitrogens with one attached hydrogen (secondary N) is 2. The smallest absolute Gasteiger partial charge is 0.412 e. The molecule has 39 heavy (non-hydrogen) atoms. The first kappa shape index (κ1) is 26.6. The first-order chi connectivity index (χ1) is 18.5. The van der Waals surface area contributed by atoms with Crippen LogP contribution in [0.3, 0.4) is 0 Å². The first-order valence-electron chi connectivity index (χ1n) is 12.1. The van der Waals surface area contributed by atoms with Crippen molar-refractivity contribution in [1.29, 1.82) is 0 Å². The molecule has 0 saturated carbocycles. The number of ether oxygens (including phenoxy) is 1. The summed E-state index contributed by atoms with van der Waals surface area (Å²) < 4.78 is 29.2. The van der Waals surface area contributed by atoms with Gasteiger partial charge < -0.3 is 15.0 Å². The zero-order valence-corrected chi connectivity index (χ0v) is 22.5. The van der Waals surface area contributed by atoms with Crippen molar-refractivity contribution in [3.63, 3.8) is 0 Å². The third-order valence-corrected chi connectivity index (χ3v) is 8.16. The molecule has 2 atom stereocenters. The number of benzene rings is 2. The second-order valence-corrected chi connectivity index (χ2v) is 12.0. The molecule has 10 nitrogen and oxygen atoms in total. The zero-order chi connectivity index (χ0) is 27.8. The van der Waals surface area contributed by atoms with Crippen molar-refractivity contribution in [1.82, 2.24) is 15.2 Å². The van der Waals surface area contributed by atoms with Crippen LogP contribution in [0.4, 0.5) is 10.5 Å². The van der Waals surface area contributed by atoms with Gasteiger partial charge in [0.1, 0.15) is 11.7 Å². The number of halogens is 1. The van der Waals surface area contributed by atoms with Crippen molar-refractivity contribution < 1.29 is 27.5 Å². The summed E-state index contributed by atoms with van der Waals surface area (Å²) in [5, 5.41) is 5.91. The van der Waals surface area contributed by atoms with Crippen molar-refractivity contribution in [3.05, 3.63) is 88.7 Å². The molecule has 2 aliphatic heterocycles. The van der Waals surface area contributed by atoms with E-state index in [-0.39, 0.29) is 29.5 Å². The number of carbonyl (C=O) groups excluding carboxylic acids is 3. The third kappa shape index (κ3) is 5.59. The predicted octanol–water partition coefficient (Wildman–Crippen LogP) is 3.17. The lowest BCUT2D eigenvalue weighted by Gasteiger charge is -2.35. The van der Waals surface area contributed by atoms with E-state index in [4.69, 9.17) is 16.3 Å². The van der Waals surface area contributed by atoms with E-state index in [0.29, 0.717) is 29.2 Å². The number of aromatic nitrogens is 1. The Labute approximate surface area is 230 Å². The molecule has 1 aromatic heterocycles. The van der Waals surface area contributed by atoms with Crippen LogP contribution in [0.1, 0.15) is 28.0 Å². The van der Waals surface area contributed by atoms with Gasteiger partial charge in [-0.1, -0.05) is 41.9 Å². The quantitative estimate of drug-likeness (QED) is 0.466. The summed E-state index contributed by atoms with van der Waals surface area (Å²) in [6, 6.07) is 16.0. The average Bonchev–Trinajstić information content (AvgIpc) is 3.32. The normalized spacial score (nSPS) is 19.1. The summed E-state index contributed by atoms with van der Waals surface area (Å²) in [6.45, 7) is 0.385. The van der Waals surface area contributed by atoms with E-state index in [9.17, 15) is 22.8 Å². The minimum Gasteiger partial charge on any atom is -0.436 e. The van der Waals surface area contributed by atoms with Crippen LogP contribution in [0, 0.1) is 0 Å². The Kier molecular flexibility index (Phi) is 7.04. The van der Waals surface area contributed by atoms with Gasteiger partial charge in [-0.25, -0.2) is 18.2 Å². The van der Waals surface area contributed by atoms with Crippen molar-refractivity contribution >= 4 is 45.0 Å². The summed E-state index contributed by atoms with van der Waals surface area (Å²) in [6.07, 6.45) is 2.11. The second-order valence-electron chi connectivity index (χ2n) is 9.58. The monoisotopic (exact) mass is 568 g/mol. The van der Waals surface area contributed by atoms with Crippen LogP contribution in [0.5, 0.6) is 0 Å². The number of carbonyl (C=O) groups is 3. The Balaban J connectivity index is 1.40. The van der Waals surface area contributed by atoms with Crippen molar-refractivity contribution in [2.45, 2.75) is 29.4 Å². The maximum atomic E-state index is 13.8. The van der Waals surface area contributed by atoms with E-state index in [2.05, 4.69) is 15.6 Å². The highest BCUT2D eigenvalue weighted by atomic mass is 35.5. The van der Waals surface area contributed by atoms with Gasteiger partial charge >= 0.3 is 6.09 Å². The zero-order valence-electron chi connectivity index (χ0n) is 20.9. The summed E-state index contributed by atoms with van der Waals surface area (Å²) >= 11 is 6.23. The fourth-order valence-electron chi connectivity index (χ4n) is 4.88. The molecule has 3 heterocycles. The summed E-state index contributed by atoms with van der Waals surface area (Å²) in [5.74, 6) is -0.973. The van der Waals surface area contributed by atoms with Gasteiger partial charge in [0.25, 0.3) is 5.91 Å². The molecule has 2 aromatic carbocycles. The largest absolute Gasteiger partial charge is 0.436 e. The van der Waals surface area contributed by atoms with E-state index >= 15 is 0 Å². The molecule has 5 rings (SSSR count). The number of sulfone groups is 1. The van der Waals surface area contributed by atoms with Crippen LogP contribution in [0.2, 0.25) is 5.02 Å². The number of anilines is 1. The second kappa shape index (κ2) is 10.3. The SMILES string of the molecule is CS(=O)(=O)c1ccc(C(=O)N[C@@H](Cc2ccccc2)C(=O)N2CCC3(C2)OC(=O)Nc2ccc(Cl)cc23)nc1. The topological polar surface area (TPSA) is 135 Å². The number of amides is 3. The third-order valence-electron chi connectivity index (χ3n) is 6.82. The predicted molar refractivity (Wildman–Crippen MR) is 143 cm³/mol. The molecule has 1 saturated heterocycles. The molecule has 3 aromatic rings. The van der Waals surface area contributed by atoms with Gasteiger partial charge in [0.2, 0.25) is 5.91 Å². The van der Waals surface area contributed by atoms with Gasteiger partial charge in [-0.2, -0.15) is 0 Å². The van der Waals surface area contributed by atoms with Crippen molar-refractivity contribution in [2.24, 2.45) is 0 Å². The highest BCUT2D eigenvalue weighted by molar-refractivity contribution is 7.90. The van der Waals surface area contributed by atoms with Crippen LogP contribution in [0.15, 0.2) is 71.8 Å². The molecule has 0 aliphatic carbocycles. The molecule has 0 bridgehead atoms. The highest BCUT2D eigenvalue weighted by Gasteiger charge is 2.49. The first-order valence-corrected chi connectivity index (χ1v) is 14.4. The number of hydrogen-bond donors (Lipinski definition) is 2. The summed E-state index contributed by atoms with van der Waals surface area (Å²) in [4.78, 5) is 44.8. The molecular formula is C27H25ClN4O6S. The molecule has 1 unspecified atom stereocenters. The molecule has 202 valence electrons. The van der Waals surface area contributed by atoms with E-state index in [1.165, 1.54) is 12.1 Å². The number of hydrogen-bond acceptors (Lipinski definition) is 7. The number of rotatable bonds is 6. The lowest BCUT2D eigenvalue weighted by atomic mass is 9.90. The maximum absolute atomic E-state index is 13.8. The van der Waals surface area contributed by atoms with Gasteiger partial charge in [-0.15, -0.1) is 0 Å². The summed E-state index contributed by atoms with van der Waals surface area (Å²) in [7, 11) is -3.48. The molecule has 2 N–H and O–H groups in total. The Morgan fingerprint density at radius 3 is 2.64 bits per heavy atom. The highest BCUT2D eigenvalue weighted by Crippen LogP contribution is 2.43. The Hall–Kier alpha value is -3.96. The minimum absolute atomic E-state index is 0.0183. The molecule has 2 aliphatic rings. The van der Waals surface area contributed by atoms with Crippen LogP contribution in [-0.4, -0.2) is 61.6 Å². The van der Waals surface area contributed by atoms with E-state index in [1.807, 2.05) is 30.3 Å². The number of likely N-dealkylation sites (tertiary alicyclic amines) is 1. The average molecular weight is 569 g/mol. The van der Waals surface area contributed by atoms with Gasteiger partial charge in [0.15, 0.2) is 15.4 Å². The number of pyridine rings is 1. The Morgan fingerprint density at radius 1 is 1.18 bits per heavy atom. The standard InChI is InChI=1S/C27H25ClN4O6S/c1-39(36,37)19-8-10-22(29-15-19)24(33)30-23(13-17-5-3-2-4-6-17)25(34)32-12-11-27(16-32)20-14-18(28)7-9-21(20)31-26(35)38-27/h2-10,14-15,23H,11-13,16H2,1H3,(H,30,33)(H,31,35)/t23-,27?/m0/s1. The molecule has 1 fully saturated rings. The number of fused-ring (bicyclic) bond motifs is 2. The van der Waals surface area contributed by atoms with E-state index in [1.54, 1.807) is 23.1 Å². The summed E-state index contributed by atoms with van der Waals surface area (Å²) in [5.41, 5.74) is 0.993. The van der Waals surface area contributed by atoms with Crippen LogP contribution < -0.4 is 10.6 Å². The van der Waals surface area contributed by atoms with Crippen LogP contribution in [-0.2, 0) is 31.4 Å². The molecule has 12 heteroatoms. The molecular weight excluding hydrogens is 544 g/mol. The van der Waals surface area contributed by atoms with E-state index in [0.717, 1.165) is 18.0 Å². The van der Waals surface area contributed by atoms with Crippen molar-refractivity contribution in [2.75, 3.05) is 24.7 Å². The Bertz CT molecular complexity index is 1550. The molecule has 0 radical (unpaired) electrons. The molecule has 3 amide bonds. The lowest BCUT2D eigenvalue weighted by Crippen LogP contribution is -2.50. The van der Waals surface area contributed by atoms with Gasteiger partial charge in [0, 0.05) is 42.4 Å². The fraction of sp³-hybridized carbons (Fsp3) is 0.259. The van der Waals surface area contributed by atoms with Crippen molar-refractivity contribution in [3.8, 4) is 0 Å². The van der Waals surface area contributed by atoms with Crippen LogP contribution >= 0.6 is 11.6 Å². The lowest BCUT2D eigenvalue weighted by molar-refractivity contribution is -0.133. The van der Waals surface area contributed by atoms with Crippen LogP contribution in [0.25, 0.3) is 0 Å². The van der Waals surface area contributed by atoms with Gasteiger partial charge in [-0.05, 0) is 35.9 Å². The fourth-order valence-corrected chi connectivity index (χ4v) is 5.61.